The van der Waals surface area contributed by atoms with Crippen LogP contribution >= 0.6 is 11.6 Å². The molecular weight excluding hydrogens is 504 g/mol. The molecule has 0 bridgehead atoms. The highest BCUT2D eigenvalue weighted by Gasteiger charge is 2.45. The van der Waals surface area contributed by atoms with Crippen LogP contribution in [-0.4, -0.2) is 72.7 Å². The topological polar surface area (TPSA) is 105 Å². The molecule has 2 aliphatic rings. The number of ether oxygens (including phenoxy) is 2. The molecule has 1 saturated carbocycles. The van der Waals surface area contributed by atoms with Crippen LogP contribution in [0.1, 0.15) is 50.2 Å². The number of benzene rings is 2. The van der Waals surface area contributed by atoms with Crippen LogP contribution in [0.3, 0.4) is 0 Å². The fourth-order valence-electron chi connectivity index (χ4n) is 5.88. The summed E-state index contributed by atoms with van der Waals surface area (Å²) in [6, 6.07) is 13.5. The Labute approximate surface area is 230 Å². The molecule has 1 aliphatic heterocycles. The molecule has 2 fully saturated rings. The summed E-state index contributed by atoms with van der Waals surface area (Å²) < 4.78 is 11.5. The van der Waals surface area contributed by atoms with Gasteiger partial charge < -0.3 is 30.3 Å². The normalized spacial score (nSPS) is 25.4. The van der Waals surface area contributed by atoms with Gasteiger partial charge in [0.25, 0.3) is 0 Å². The number of aliphatic hydroxyl groups is 2. The van der Waals surface area contributed by atoms with E-state index in [1.807, 2.05) is 30.3 Å². The van der Waals surface area contributed by atoms with Gasteiger partial charge in [0.2, 0.25) is 5.91 Å². The van der Waals surface area contributed by atoms with E-state index in [9.17, 15) is 15.0 Å². The summed E-state index contributed by atoms with van der Waals surface area (Å²) in [5, 5.41) is 23.2. The quantitative estimate of drug-likeness (QED) is 0.392. The Kier molecular flexibility index (Phi) is 9.84. The molecule has 0 radical (unpaired) electrons. The summed E-state index contributed by atoms with van der Waals surface area (Å²) in [4.78, 5) is 15.2. The third-order valence-electron chi connectivity index (χ3n) is 8.10. The second-order valence-electron chi connectivity index (χ2n) is 10.6. The molecule has 1 heterocycles. The van der Waals surface area contributed by atoms with E-state index < -0.39 is 17.8 Å². The van der Waals surface area contributed by atoms with E-state index in [0.717, 1.165) is 24.0 Å². The highest BCUT2D eigenvalue weighted by Crippen LogP contribution is 2.43. The molecule has 4 rings (SSSR count). The number of rotatable bonds is 10. The summed E-state index contributed by atoms with van der Waals surface area (Å²) in [5.74, 6) is -0.346. The predicted molar refractivity (Wildman–Crippen MR) is 149 cm³/mol. The zero-order valence-electron chi connectivity index (χ0n) is 22.4. The molecule has 2 aromatic rings. The Morgan fingerprint density at radius 3 is 2.74 bits per heavy atom. The van der Waals surface area contributed by atoms with Gasteiger partial charge in [-0.05, 0) is 61.3 Å². The Balaban J connectivity index is 1.69. The average Bonchev–Trinajstić information content (AvgIpc) is 3.28. The Hall–Kier alpha value is -2.00. The van der Waals surface area contributed by atoms with E-state index in [4.69, 9.17) is 26.8 Å². The molecule has 38 heavy (non-hydrogen) atoms. The van der Waals surface area contributed by atoms with Crippen LogP contribution in [-0.2, 0) is 26.3 Å². The van der Waals surface area contributed by atoms with Crippen molar-refractivity contribution in [3.8, 4) is 11.1 Å². The first-order valence-corrected chi connectivity index (χ1v) is 14.1. The zero-order valence-corrected chi connectivity index (χ0v) is 23.2. The molecule has 208 valence electrons. The zero-order chi connectivity index (χ0) is 27.3. The van der Waals surface area contributed by atoms with Gasteiger partial charge in [0, 0.05) is 42.8 Å². The van der Waals surface area contributed by atoms with Gasteiger partial charge in [-0.1, -0.05) is 54.9 Å². The number of amides is 1. The minimum Gasteiger partial charge on any atom is -0.391 e. The van der Waals surface area contributed by atoms with Gasteiger partial charge in [-0.3, -0.25) is 4.79 Å². The van der Waals surface area contributed by atoms with Crippen molar-refractivity contribution in [3.63, 3.8) is 0 Å². The highest BCUT2D eigenvalue weighted by atomic mass is 35.5. The number of carbonyl (C=O) groups excluding carboxylic acids is 1. The lowest BCUT2D eigenvalue weighted by atomic mass is 9.78. The fraction of sp³-hybridized carbons (Fsp3) is 0.567. The van der Waals surface area contributed by atoms with Crippen molar-refractivity contribution < 1.29 is 24.5 Å². The van der Waals surface area contributed by atoms with Crippen LogP contribution in [0.2, 0.25) is 5.02 Å². The van der Waals surface area contributed by atoms with Crippen molar-refractivity contribution in [1.29, 1.82) is 0 Å². The Morgan fingerprint density at radius 1 is 1.24 bits per heavy atom. The van der Waals surface area contributed by atoms with Crippen molar-refractivity contribution >= 4 is 17.5 Å². The molecule has 4 N–H and O–H groups in total. The van der Waals surface area contributed by atoms with Crippen LogP contribution in [0.5, 0.6) is 0 Å². The maximum atomic E-state index is 13.4. The van der Waals surface area contributed by atoms with E-state index in [2.05, 4.69) is 19.1 Å². The number of halogens is 1. The number of nitrogens with zero attached hydrogens (tertiary/aromatic N) is 1. The number of aliphatic hydroxyl groups excluding tert-OH is 1. The van der Waals surface area contributed by atoms with Gasteiger partial charge in [-0.15, -0.1) is 0 Å². The average molecular weight is 545 g/mol. The second kappa shape index (κ2) is 12.9. The number of hydrogen-bond acceptors (Lipinski definition) is 6. The Bertz CT molecular complexity index is 1090. The van der Waals surface area contributed by atoms with Crippen LogP contribution < -0.4 is 5.73 Å². The fourth-order valence-corrected chi connectivity index (χ4v) is 6.17. The monoisotopic (exact) mass is 544 g/mol. The Morgan fingerprint density at radius 2 is 2.03 bits per heavy atom. The number of methoxy groups -OCH3 is 1. The minimum atomic E-state index is -1.39. The standard InChI is InChI=1S/C30H41ClN2O5/c1-3-20-8-6-9-21(16-20)28-23(10-7-11-24(28)31)30(36,12-4-5-14-37-2)27-19-33(13-15-38-27)29(35)22-17-25(32)26(34)18-22/h6-11,16,22,25-27,34,36H,3-5,12-15,17-19,32H2,1-2H3/t22-,25+,26-,27+,30+/m0/s1. The van der Waals surface area contributed by atoms with E-state index in [0.29, 0.717) is 56.0 Å². The lowest BCUT2D eigenvalue weighted by Gasteiger charge is -2.44. The summed E-state index contributed by atoms with van der Waals surface area (Å²) in [6.45, 7) is 3.72. The van der Waals surface area contributed by atoms with Crippen LogP contribution in [0, 0.1) is 5.92 Å². The minimum absolute atomic E-state index is 0.0333. The summed E-state index contributed by atoms with van der Waals surface area (Å²) >= 11 is 6.81. The van der Waals surface area contributed by atoms with E-state index in [1.165, 1.54) is 5.56 Å². The molecule has 8 heteroatoms. The lowest BCUT2D eigenvalue weighted by Crippen LogP contribution is -2.55. The van der Waals surface area contributed by atoms with E-state index in [-0.39, 0.29) is 24.4 Å². The number of aryl methyl sites for hydroxylation is 1. The van der Waals surface area contributed by atoms with Gasteiger partial charge in [0.1, 0.15) is 11.7 Å². The third-order valence-corrected chi connectivity index (χ3v) is 8.41. The largest absolute Gasteiger partial charge is 0.391 e. The number of hydrogen-bond donors (Lipinski definition) is 3. The molecule has 1 saturated heterocycles. The number of carbonyl (C=O) groups is 1. The highest BCUT2D eigenvalue weighted by molar-refractivity contribution is 6.33. The molecule has 0 aromatic heterocycles. The van der Waals surface area contributed by atoms with Crippen molar-refractivity contribution in [3.05, 3.63) is 58.6 Å². The number of morpholine rings is 1. The van der Waals surface area contributed by atoms with Crippen LogP contribution in [0.4, 0.5) is 0 Å². The molecule has 1 amide bonds. The first-order chi connectivity index (χ1) is 18.3. The lowest BCUT2D eigenvalue weighted by molar-refractivity contribution is -0.167. The van der Waals surface area contributed by atoms with E-state index >= 15 is 0 Å². The molecule has 2 aromatic carbocycles. The van der Waals surface area contributed by atoms with Crippen molar-refractivity contribution in [2.75, 3.05) is 33.4 Å². The van der Waals surface area contributed by atoms with E-state index in [1.54, 1.807) is 12.0 Å². The van der Waals surface area contributed by atoms with Crippen LogP contribution in [0.15, 0.2) is 42.5 Å². The maximum Gasteiger partial charge on any atom is 0.226 e. The smallest absolute Gasteiger partial charge is 0.226 e. The molecule has 5 atom stereocenters. The van der Waals surface area contributed by atoms with Crippen molar-refractivity contribution in [1.82, 2.24) is 4.90 Å². The van der Waals surface area contributed by atoms with Gasteiger partial charge in [-0.25, -0.2) is 0 Å². The predicted octanol–water partition coefficient (Wildman–Crippen LogP) is 3.90. The summed E-state index contributed by atoms with van der Waals surface area (Å²) in [6.07, 6.45) is 2.34. The summed E-state index contributed by atoms with van der Waals surface area (Å²) in [7, 11) is 1.67. The molecule has 0 spiro atoms. The van der Waals surface area contributed by atoms with Crippen molar-refractivity contribution in [2.45, 2.75) is 69.3 Å². The first kappa shape index (κ1) is 29.0. The first-order valence-electron chi connectivity index (χ1n) is 13.7. The second-order valence-corrected chi connectivity index (χ2v) is 11.0. The number of unbranched alkanes of at least 4 members (excludes halogenated alkanes) is 1. The van der Waals surface area contributed by atoms with Gasteiger partial charge in [-0.2, -0.15) is 0 Å². The van der Waals surface area contributed by atoms with Crippen molar-refractivity contribution in [2.24, 2.45) is 11.7 Å². The molecule has 7 nitrogen and oxygen atoms in total. The van der Waals surface area contributed by atoms with Gasteiger partial charge in [0.15, 0.2) is 0 Å². The maximum absolute atomic E-state index is 13.4. The molecule has 1 aliphatic carbocycles. The van der Waals surface area contributed by atoms with Gasteiger partial charge in [0.05, 0.1) is 19.3 Å². The third kappa shape index (κ3) is 6.24. The molecule has 0 unspecified atom stereocenters. The van der Waals surface area contributed by atoms with Gasteiger partial charge >= 0.3 is 0 Å². The van der Waals surface area contributed by atoms with Crippen LogP contribution in [0.25, 0.3) is 11.1 Å². The molecular formula is C30H41ClN2O5. The summed E-state index contributed by atoms with van der Waals surface area (Å²) in [5.41, 5.74) is 8.21. The SMILES string of the molecule is CCc1cccc(-c2c(Cl)cccc2[C@](O)(CCCCOC)[C@H]2CN(C(=O)[C@H]3C[C@@H](N)[C@@H](O)C3)CCO2)c1. The number of nitrogens with two attached hydrogens (primary N) is 1.